The van der Waals surface area contributed by atoms with Gasteiger partial charge in [-0.3, -0.25) is 14.6 Å². The number of benzene rings is 1. The Bertz CT molecular complexity index is 1640. The highest BCUT2D eigenvalue weighted by atomic mass is 32.1. The van der Waals surface area contributed by atoms with Crippen LogP contribution in [0.25, 0.3) is 0 Å². The molecule has 0 saturated carbocycles. The first-order chi connectivity index (χ1) is 21.2. The number of rotatable bonds is 13. The van der Waals surface area contributed by atoms with E-state index >= 15 is 0 Å². The van der Waals surface area contributed by atoms with Gasteiger partial charge in [-0.1, -0.05) is 16.6 Å². The summed E-state index contributed by atoms with van der Waals surface area (Å²) < 4.78 is 98.8. The van der Waals surface area contributed by atoms with Gasteiger partial charge in [-0.25, -0.2) is 13.5 Å². The van der Waals surface area contributed by atoms with Crippen molar-refractivity contribution >= 4 is 23.2 Å². The number of nitrogens with zero attached hydrogens (tertiary/aromatic N) is 6. The average Bonchev–Trinajstić information content (AvgIpc) is 3.64. The smallest absolute Gasteiger partial charge is 0.416 e. The largest absolute Gasteiger partial charge is 0.433 e. The second-order valence-electron chi connectivity index (χ2n) is 9.52. The fourth-order valence-corrected chi connectivity index (χ4v) is 4.50. The number of ether oxygens (including phenoxy) is 1. The second kappa shape index (κ2) is 14.0. The number of hydrogen-bond donors (Lipinski definition) is 2. The van der Waals surface area contributed by atoms with Crippen molar-refractivity contribution in [3.05, 3.63) is 81.1 Å². The third-order valence-electron chi connectivity index (χ3n) is 5.82. The number of alkyl halides is 6. The summed E-state index contributed by atoms with van der Waals surface area (Å²) in [6.45, 7) is -0.403. The van der Waals surface area contributed by atoms with Crippen LogP contribution in [0.3, 0.4) is 0 Å². The van der Waals surface area contributed by atoms with Crippen LogP contribution in [0, 0.1) is 5.82 Å². The molecule has 1 unspecified atom stereocenters. The Morgan fingerprint density at radius 3 is 2.51 bits per heavy atom. The molecular weight excluding hydrogens is 637 g/mol. The number of nitrogens with one attached hydrogen (secondary N) is 2. The molecule has 1 aromatic carbocycles. The topological polar surface area (TPSA) is 137 Å². The van der Waals surface area contributed by atoms with Gasteiger partial charge in [0.25, 0.3) is 11.8 Å². The zero-order valence-electron chi connectivity index (χ0n) is 23.1. The van der Waals surface area contributed by atoms with Gasteiger partial charge in [-0.2, -0.15) is 22.0 Å². The molecule has 11 nitrogen and oxygen atoms in total. The Hall–Kier alpha value is -4.68. The molecule has 0 bridgehead atoms. The van der Waals surface area contributed by atoms with Crippen molar-refractivity contribution in [2.45, 2.75) is 57.9 Å². The zero-order chi connectivity index (χ0) is 32.8. The molecule has 4 rings (SSSR count). The average molecular weight is 661 g/mol. The lowest BCUT2D eigenvalue weighted by Gasteiger charge is -2.14. The Kier molecular flexibility index (Phi) is 10.3. The van der Waals surface area contributed by atoms with Crippen molar-refractivity contribution < 1.29 is 45.1 Å². The third-order valence-corrected chi connectivity index (χ3v) is 6.80. The molecule has 45 heavy (non-hydrogen) atoms. The van der Waals surface area contributed by atoms with Crippen LogP contribution in [-0.4, -0.2) is 54.3 Å². The summed E-state index contributed by atoms with van der Waals surface area (Å²) in [7, 11) is 0. The molecule has 0 saturated heterocycles. The number of aromatic nitrogens is 6. The van der Waals surface area contributed by atoms with Gasteiger partial charge in [-0.15, -0.1) is 15.3 Å². The Morgan fingerprint density at radius 1 is 1.02 bits per heavy atom. The molecule has 0 radical (unpaired) electrons. The van der Waals surface area contributed by atoms with Crippen molar-refractivity contribution in [1.82, 2.24) is 40.8 Å². The molecule has 3 aromatic heterocycles. The van der Waals surface area contributed by atoms with E-state index in [0.29, 0.717) is 11.9 Å². The van der Waals surface area contributed by atoms with E-state index in [4.69, 9.17) is 0 Å². The fraction of sp³-hybridized carbons (Fsp3) is 0.346. The molecule has 0 spiro atoms. The highest BCUT2D eigenvalue weighted by Gasteiger charge is 2.30. The lowest BCUT2D eigenvalue weighted by atomic mass is 10.2. The molecule has 1 atom stereocenters. The molecule has 240 valence electrons. The summed E-state index contributed by atoms with van der Waals surface area (Å²) >= 11 is 0.880. The molecule has 2 N–H and O–H groups in total. The maximum absolute atomic E-state index is 14.6. The van der Waals surface area contributed by atoms with Gasteiger partial charge in [0.1, 0.15) is 22.7 Å². The number of halogens is 7. The van der Waals surface area contributed by atoms with Crippen molar-refractivity contribution in [2.24, 2.45) is 0 Å². The highest BCUT2D eigenvalue weighted by Crippen LogP contribution is 2.29. The SMILES string of the molecule is CC(F)(F)Oc1ccc(F)c(CNC(=O)c2nnc(CCC(F)Cn3cc(C(=O)NCc4cc(C(F)(F)F)ccn4)nn3)s2)c1. The molecule has 0 fully saturated rings. The summed E-state index contributed by atoms with van der Waals surface area (Å²) in [4.78, 5) is 28.5. The Morgan fingerprint density at radius 2 is 1.78 bits per heavy atom. The number of aryl methyl sites for hydroxylation is 1. The minimum absolute atomic E-state index is 0.0254. The first-order valence-corrected chi connectivity index (χ1v) is 13.8. The van der Waals surface area contributed by atoms with Crippen molar-refractivity contribution in [3.63, 3.8) is 0 Å². The number of hydrogen-bond acceptors (Lipinski definition) is 9. The lowest BCUT2D eigenvalue weighted by molar-refractivity contribution is -0.159. The number of amides is 2. The van der Waals surface area contributed by atoms with E-state index in [2.05, 4.69) is 40.9 Å². The monoisotopic (exact) mass is 660 g/mol. The van der Waals surface area contributed by atoms with Crippen molar-refractivity contribution in [2.75, 3.05) is 0 Å². The minimum Gasteiger partial charge on any atom is -0.433 e. The van der Waals surface area contributed by atoms with Gasteiger partial charge in [0, 0.05) is 31.6 Å². The highest BCUT2D eigenvalue weighted by molar-refractivity contribution is 7.13. The van der Waals surface area contributed by atoms with E-state index in [1.54, 1.807) is 0 Å². The van der Waals surface area contributed by atoms with Gasteiger partial charge in [0.2, 0.25) is 5.01 Å². The second-order valence-corrected chi connectivity index (χ2v) is 10.6. The standard InChI is InChI=1S/C26H23F7N8O3S/c1-25(29,30)44-18-3-4-19(28)14(8-18)10-35-23(43)24-39-38-21(45-24)5-2-16(27)12-41-13-20(37-40-41)22(42)36-11-17-9-15(6-7-34-17)26(31,32)33/h3-4,6-9,13,16H,2,5,10-12H2,1H3,(H,35,43)(H,36,42). The molecule has 0 aliphatic carbocycles. The van der Waals surface area contributed by atoms with Crippen molar-refractivity contribution in [1.29, 1.82) is 0 Å². The van der Waals surface area contributed by atoms with E-state index in [0.717, 1.165) is 52.5 Å². The van der Waals surface area contributed by atoms with Crippen molar-refractivity contribution in [3.8, 4) is 5.75 Å². The quantitative estimate of drug-likeness (QED) is 0.200. The lowest BCUT2D eigenvalue weighted by Crippen LogP contribution is -2.24. The summed E-state index contributed by atoms with van der Waals surface area (Å²) in [6, 6.07) is 4.59. The minimum atomic E-state index is -4.56. The maximum Gasteiger partial charge on any atom is 0.416 e. The zero-order valence-corrected chi connectivity index (χ0v) is 23.9. The molecule has 0 aliphatic rings. The van der Waals surface area contributed by atoms with E-state index in [1.165, 1.54) is 6.20 Å². The first kappa shape index (κ1) is 33.2. The van der Waals surface area contributed by atoms with E-state index in [-0.39, 0.29) is 60.2 Å². The van der Waals surface area contributed by atoms with E-state index in [1.807, 2.05) is 0 Å². The number of carbonyl (C=O) groups excluding carboxylic acids is 2. The molecule has 2 amide bonds. The molecule has 0 aliphatic heterocycles. The van der Waals surface area contributed by atoms with Gasteiger partial charge < -0.3 is 15.4 Å². The summed E-state index contributed by atoms with van der Waals surface area (Å²) in [5, 5.41) is 19.9. The number of pyridine rings is 1. The Labute approximate surface area is 253 Å². The van der Waals surface area contributed by atoms with Crippen LogP contribution in [0.4, 0.5) is 30.7 Å². The molecule has 19 heteroatoms. The first-order valence-electron chi connectivity index (χ1n) is 13.0. The van der Waals surface area contributed by atoms with Crippen LogP contribution in [0.15, 0.2) is 42.7 Å². The van der Waals surface area contributed by atoms with E-state index < -0.39 is 41.7 Å². The van der Waals surface area contributed by atoms with Crippen LogP contribution in [0.5, 0.6) is 5.75 Å². The molecule has 3 heterocycles. The normalized spacial score (nSPS) is 12.5. The summed E-state index contributed by atoms with van der Waals surface area (Å²) in [5.41, 5.74) is -1.22. The fourth-order valence-electron chi connectivity index (χ4n) is 3.73. The van der Waals surface area contributed by atoms with Gasteiger partial charge in [-0.05, 0) is 36.8 Å². The predicted octanol–water partition coefficient (Wildman–Crippen LogP) is 4.50. The molecular formula is C26H23F7N8O3S. The predicted molar refractivity (Wildman–Crippen MR) is 142 cm³/mol. The van der Waals surface area contributed by atoms with Crippen LogP contribution < -0.4 is 15.4 Å². The van der Waals surface area contributed by atoms with Gasteiger partial charge in [0.15, 0.2) is 5.69 Å². The molecule has 4 aromatic rings. The van der Waals surface area contributed by atoms with Gasteiger partial charge >= 0.3 is 12.3 Å². The maximum atomic E-state index is 14.6. The van der Waals surface area contributed by atoms with E-state index in [9.17, 15) is 40.3 Å². The van der Waals surface area contributed by atoms with Crippen LogP contribution in [0.1, 0.15) is 55.5 Å². The number of carbonyl (C=O) groups is 2. The van der Waals surface area contributed by atoms with Gasteiger partial charge in [0.05, 0.1) is 30.5 Å². The van der Waals surface area contributed by atoms with Crippen LogP contribution in [0.2, 0.25) is 0 Å². The van der Waals surface area contributed by atoms with Crippen LogP contribution >= 0.6 is 11.3 Å². The Balaban J connectivity index is 1.22. The third kappa shape index (κ3) is 9.91. The summed E-state index contributed by atoms with van der Waals surface area (Å²) in [5.74, 6) is -2.49. The van der Waals surface area contributed by atoms with Crippen LogP contribution in [-0.2, 0) is 32.2 Å². The summed E-state index contributed by atoms with van der Waals surface area (Å²) in [6.07, 6.45) is -7.32.